The molecule has 1 aliphatic heterocycles. The third kappa shape index (κ3) is 1.46. The molecule has 1 aliphatic carbocycles. The van der Waals surface area contributed by atoms with Crippen molar-refractivity contribution in [2.75, 3.05) is 0 Å². The lowest BCUT2D eigenvalue weighted by atomic mass is 9.90. The van der Waals surface area contributed by atoms with E-state index >= 15 is 0 Å². The van der Waals surface area contributed by atoms with Crippen molar-refractivity contribution in [3.05, 3.63) is 42.0 Å². The molecule has 0 aromatic heterocycles. The Balaban J connectivity index is 1.88. The largest absolute Gasteiger partial charge is 0.489 e. The number of ether oxygens (including phenoxy) is 1. The van der Waals surface area contributed by atoms with E-state index in [0.29, 0.717) is 12.0 Å². The highest BCUT2D eigenvalue weighted by Crippen LogP contribution is 2.47. The van der Waals surface area contributed by atoms with Crippen LogP contribution >= 0.6 is 0 Å². The zero-order valence-electron chi connectivity index (χ0n) is 10.6. The highest BCUT2D eigenvalue weighted by atomic mass is 16.5. The van der Waals surface area contributed by atoms with E-state index in [9.17, 15) is 0 Å². The summed E-state index contributed by atoms with van der Waals surface area (Å²) in [6.45, 7) is 0. The number of rotatable bonds is 0. The van der Waals surface area contributed by atoms with Gasteiger partial charge in [0.2, 0.25) is 0 Å². The number of hydrogen-bond acceptors (Lipinski definition) is 1. The van der Waals surface area contributed by atoms with Crippen LogP contribution in [0.2, 0.25) is 0 Å². The van der Waals surface area contributed by atoms with Crippen LogP contribution in [-0.4, -0.2) is 6.10 Å². The van der Waals surface area contributed by atoms with Crippen LogP contribution in [-0.2, 0) is 0 Å². The molecule has 18 heavy (non-hydrogen) atoms. The minimum absolute atomic E-state index is 0.438. The van der Waals surface area contributed by atoms with Crippen LogP contribution in [0.1, 0.15) is 43.6 Å². The third-order valence-electron chi connectivity index (χ3n) is 4.53. The lowest BCUT2D eigenvalue weighted by Gasteiger charge is -2.14. The topological polar surface area (TPSA) is 9.23 Å². The molecule has 0 bridgehead atoms. The van der Waals surface area contributed by atoms with Crippen LogP contribution in [0.25, 0.3) is 10.8 Å². The third-order valence-corrected chi connectivity index (χ3v) is 4.53. The normalized spacial score (nSPS) is 26.2. The van der Waals surface area contributed by atoms with Crippen LogP contribution in [0, 0.1) is 0 Å². The van der Waals surface area contributed by atoms with Crippen molar-refractivity contribution in [1.29, 1.82) is 0 Å². The van der Waals surface area contributed by atoms with Gasteiger partial charge in [0.05, 0.1) is 0 Å². The average molecular weight is 238 g/mol. The first-order chi connectivity index (χ1) is 8.93. The molecule has 0 N–H and O–H groups in total. The Labute approximate surface area is 108 Å². The predicted molar refractivity (Wildman–Crippen MR) is 74.2 cm³/mol. The Morgan fingerprint density at radius 1 is 0.889 bits per heavy atom. The number of hydrogen-bond donors (Lipinski definition) is 0. The molecule has 92 valence electrons. The molecule has 0 spiro atoms. The Kier molecular flexibility index (Phi) is 2.32. The van der Waals surface area contributed by atoms with Gasteiger partial charge in [0.25, 0.3) is 0 Å². The van der Waals surface area contributed by atoms with E-state index in [1.54, 1.807) is 0 Å². The highest BCUT2D eigenvalue weighted by molar-refractivity contribution is 5.90. The van der Waals surface area contributed by atoms with E-state index in [4.69, 9.17) is 4.74 Å². The average Bonchev–Trinajstić information content (AvgIpc) is 2.61. The second-order valence-electron chi connectivity index (χ2n) is 5.61. The van der Waals surface area contributed by atoms with Crippen molar-refractivity contribution in [1.82, 2.24) is 0 Å². The molecule has 2 aromatic rings. The Morgan fingerprint density at radius 2 is 1.78 bits per heavy atom. The van der Waals surface area contributed by atoms with Gasteiger partial charge in [-0.05, 0) is 24.6 Å². The van der Waals surface area contributed by atoms with Crippen molar-refractivity contribution in [3.63, 3.8) is 0 Å². The molecule has 1 fully saturated rings. The van der Waals surface area contributed by atoms with Gasteiger partial charge in [-0.3, -0.25) is 0 Å². The van der Waals surface area contributed by atoms with Gasteiger partial charge in [-0.25, -0.2) is 0 Å². The maximum atomic E-state index is 6.30. The van der Waals surface area contributed by atoms with Crippen molar-refractivity contribution >= 4 is 10.8 Å². The van der Waals surface area contributed by atoms with E-state index in [2.05, 4.69) is 36.4 Å². The summed E-state index contributed by atoms with van der Waals surface area (Å²) in [5, 5.41) is 2.59. The lowest BCUT2D eigenvalue weighted by Crippen LogP contribution is -2.16. The van der Waals surface area contributed by atoms with Gasteiger partial charge in [0.1, 0.15) is 11.9 Å². The fraction of sp³-hybridized carbons (Fsp3) is 0.412. The molecule has 1 heterocycles. The summed E-state index contributed by atoms with van der Waals surface area (Å²) in [5.41, 5.74) is 1.46. The zero-order valence-corrected chi connectivity index (χ0v) is 10.6. The zero-order chi connectivity index (χ0) is 11.9. The molecule has 1 heteroatoms. The second-order valence-corrected chi connectivity index (χ2v) is 5.61. The minimum Gasteiger partial charge on any atom is -0.489 e. The molecular formula is C17H18O. The fourth-order valence-corrected chi connectivity index (χ4v) is 3.61. The van der Waals surface area contributed by atoms with Crippen LogP contribution in [0.3, 0.4) is 0 Å². The van der Waals surface area contributed by atoms with Gasteiger partial charge < -0.3 is 4.74 Å². The van der Waals surface area contributed by atoms with E-state index in [1.165, 1.54) is 54.2 Å². The molecule has 1 nitrogen and oxygen atoms in total. The quantitative estimate of drug-likeness (QED) is 0.649. The van der Waals surface area contributed by atoms with Crippen molar-refractivity contribution in [2.45, 2.75) is 44.1 Å². The van der Waals surface area contributed by atoms with E-state index in [1.807, 2.05) is 0 Å². The maximum absolute atomic E-state index is 6.30. The summed E-state index contributed by atoms with van der Waals surface area (Å²) in [5.74, 6) is 1.82. The molecule has 0 saturated heterocycles. The summed E-state index contributed by atoms with van der Waals surface area (Å²) in [6.07, 6.45) is 7.03. The molecule has 2 aliphatic rings. The van der Waals surface area contributed by atoms with E-state index in [0.717, 1.165) is 0 Å². The van der Waals surface area contributed by atoms with Crippen LogP contribution in [0.4, 0.5) is 0 Å². The summed E-state index contributed by atoms with van der Waals surface area (Å²) >= 11 is 0. The molecular weight excluding hydrogens is 220 g/mol. The van der Waals surface area contributed by atoms with Gasteiger partial charge >= 0.3 is 0 Å². The predicted octanol–water partition coefficient (Wildman–Crippen LogP) is 4.65. The maximum Gasteiger partial charge on any atom is 0.131 e. The SMILES string of the molecule is c1ccc2c3c(ccc2c1)C1CCCCCC1O3. The standard InChI is InChI=1S/C17H18O/c1-2-8-14-15-11-10-12-6-4-5-7-13(12)17(15)18-16(14)9-3-1/h4-7,10-11,14,16H,1-3,8-9H2. The molecule has 2 atom stereocenters. The van der Waals surface area contributed by atoms with Crippen LogP contribution in [0.5, 0.6) is 5.75 Å². The Morgan fingerprint density at radius 3 is 2.78 bits per heavy atom. The molecule has 0 radical (unpaired) electrons. The summed E-state index contributed by atoms with van der Waals surface area (Å²) < 4.78 is 6.30. The van der Waals surface area contributed by atoms with E-state index < -0.39 is 0 Å². The van der Waals surface area contributed by atoms with Crippen LogP contribution in [0.15, 0.2) is 36.4 Å². The van der Waals surface area contributed by atoms with Crippen LogP contribution < -0.4 is 4.74 Å². The van der Waals surface area contributed by atoms with E-state index in [-0.39, 0.29) is 0 Å². The minimum atomic E-state index is 0.438. The lowest BCUT2D eigenvalue weighted by molar-refractivity contribution is 0.198. The Hall–Kier alpha value is -1.50. The van der Waals surface area contributed by atoms with Gasteiger partial charge in [-0.1, -0.05) is 49.2 Å². The number of benzene rings is 2. The first-order valence-electron chi connectivity index (χ1n) is 7.12. The molecule has 2 aromatic carbocycles. The first kappa shape index (κ1) is 10.4. The smallest absolute Gasteiger partial charge is 0.131 e. The molecule has 1 saturated carbocycles. The van der Waals surface area contributed by atoms with Gasteiger partial charge in [-0.15, -0.1) is 0 Å². The number of fused-ring (bicyclic) bond motifs is 5. The summed E-state index contributed by atoms with van der Waals surface area (Å²) in [7, 11) is 0. The molecule has 0 amide bonds. The summed E-state index contributed by atoms with van der Waals surface area (Å²) in [4.78, 5) is 0. The van der Waals surface area contributed by atoms with Gasteiger partial charge in [0.15, 0.2) is 0 Å². The van der Waals surface area contributed by atoms with Gasteiger partial charge in [-0.2, -0.15) is 0 Å². The van der Waals surface area contributed by atoms with Crippen molar-refractivity contribution in [3.8, 4) is 5.75 Å². The first-order valence-corrected chi connectivity index (χ1v) is 7.12. The summed E-state index contributed by atoms with van der Waals surface area (Å²) in [6, 6.07) is 13.1. The molecule has 2 unspecified atom stereocenters. The Bertz CT molecular complexity index is 587. The molecule has 4 rings (SSSR count). The monoisotopic (exact) mass is 238 g/mol. The highest BCUT2D eigenvalue weighted by Gasteiger charge is 2.35. The van der Waals surface area contributed by atoms with Crippen molar-refractivity contribution < 1.29 is 4.74 Å². The fourth-order valence-electron chi connectivity index (χ4n) is 3.61. The van der Waals surface area contributed by atoms with Crippen molar-refractivity contribution in [2.24, 2.45) is 0 Å². The second kappa shape index (κ2) is 4.01. The van der Waals surface area contributed by atoms with Gasteiger partial charge in [0, 0.05) is 16.9 Å².